The van der Waals surface area contributed by atoms with Crippen LogP contribution in [0, 0.1) is 5.82 Å². The monoisotopic (exact) mass is 401 g/mol. The summed E-state index contributed by atoms with van der Waals surface area (Å²) >= 11 is 0. The number of hydrogen-bond donors (Lipinski definition) is 0. The average molecular weight is 401 g/mol. The Labute approximate surface area is 152 Å². The van der Waals surface area contributed by atoms with E-state index in [9.17, 15) is 26.0 Å². The fourth-order valence-electron chi connectivity index (χ4n) is 2.78. The van der Waals surface area contributed by atoms with E-state index in [0.717, 1.165) is 17.6 Å². The summed E-state index contributed by atoms with van der Waals surface area (Å²) in [4.78, 5) is 4.57. The van der Waals surface area contributed by atoms with E-state index in [1.54, 1.807) is 23.7 Å². The predicted molar refractivity (Wildman–Crippen MR) is 92.5 cm³/mol. The third-order valence-corrected chi connectivity index (χ3v) is 5.70. The van der Waals surface area contributed by atoms with Crippen molar-refractivity contribution in [3.63, 3.8) is 0 Å². The molecule has 0 aliphatic carbocycles. The molecule has 0 atom stereocenters. The van der Waals surface area contributed by atoms with Crippen molar-refractivity contribution >= 4 is 26.6 Å². The summed E-state index contributed by atoms with van der Waals surface area (Å²) in [5, 5.41) is 0. The summed E-state index contributed by atoms with van der Waals surface area (Å²) < 4.78 is 77.9. The van der Waals surface area contributed by atoms with Crippen LogP contribution in [0.2, 0.25) is 0 Å². The molecule has 0 aliphatic heterocycles. The van der Waals surface area contributed by atoms with Crippen LogP contribution in [0.15, 0.2) is 47.4 Å². The highest BCUT2D eigenvalue weighted by Gasteiger charge is 2.48. The van der Waals surface area contributed by atoms with Gasteiger partial charge >= 0.3 is 5.51 Å². The second kappa shape index (κ2) is 6.52. The van der Waals surface area contributed by atoms with Gasteiger partial charge in [-0.3, -0.25) is 0 Å². The summed E-state index contributed by atoms with van der Waals surface area (Å²) in [5.41, 5.74) is -4.27. The van der Waals surface area contributed by atoms with Crippen LogP contribution in [0.25, 0.3) is 11.0 Å². The highest BCUT2D eigenvalue weighted by molar-refractivity contribution is 7.92. The molecule has 1 aromatic heterocycles. The van der Waals surface area contributed by atoms with Gasteiger partial charge in [0.05, 0.1) is 23.3 Å². The number of fused-ring (bicyclic) bond motifs is 1. The van der Waals surface area contributed by atoms with Crippen molar-refractivity contribution in [2.24, 2.45) is 7.05 Å². The predicted octanol–water partition coefficient (Wildman–Crippen LogP) is 3.64. The standard InChI is InChI=1S/C17H15F4N3O2S/c1-23(10-16-22-12-5-3-4-6-13(12)24(16)2)14-8-7-11(18)9-15(14)27(25,26)17(19,20)21/h3-9H,10H2,1-2H3. The maximum atomic E-state index is 13.5. The van der Waals surface area contributed by atoms with Crippen LogP contribution in [0.1, 0.15) is 5.82 Å². The number of imidazole rings is 1. The third-order valence-electron chi connectivity index (χ3n) is 4.19. The molecule has 144 valence electrons. The molecule has 0 saturated carbocycles. The Morgan fingerprint density at radius 3 is 2.44 bits per heavy atom. The Hall–Kier alpha value is -2.62. The molecule has 0 bridgehead atoms. The molecule has 3 rings (SSSR count). The van der Waals surface area contributed by atoms with Gasteiger partial charge < -0.3 is 9.47 Å². The second-order valence-corrected chi connectivity index (χ2v) is 7.90. The van der Waals surface area contributed by atoms with Crippen molar-refractivity contribution in [1.29, 1.82) is 0 Å². The van der Waals surface area contributed by atoms with E-state index in [1.807, 2.05) is 12.1 Å². The Bertz CT molecular complexity index is 1110. The molecule has 3 aromatic rings. The number of rotatable bonds is 4. The number of halogens is 4. The van der Waals surface area contributed by atoms with E-state index in [4.69, 9.17) is 0 Å². The number of para-hydroxylation sites is 2. The van der Waals surface area contributed by atoms with Gasteiger partial charge in [-0.05, 0) is 30.3 Å². The average Bonchev–Trinajstić information content (AvgIpc) is 2.90. The van der Waals surface area contributed by atoms with Gasteiger partial charge in [-0.25, -0.2) is 17.8 Å². The van der Waals surface area contributed by atoms with Gasteiger partial charge in [-0.2, -0.15) is 13.2 Å². The third kappa shape index (κ3) is 3.36. The Morgan fingerprint density at radius 1 is 1.15 bits per heavy atom. The zero-order valence-electron chi connectivity index (χ0n) is 14.3. The van der Waals surface area contributed by atoms with Crippen LogP contribution in [0.5, 0.6) is 0 Å². The molecule has 0 saturated heterocycles. The highest BCUT2D eigenvalue weighted by atomic mass is 32.2. The fraction of sp³-hybridized carbons (Fsp3) is 0.235. The molecule has 0 spiro atoms. The van der Waals surface area contributed by atoms with E-state index >= 15 is 0 Å². The molecule has 0 N–H and O–H groups in total. The topological polar surface area (TPSA) is 55.2 Å². The van der Waals surface area contributed by atoms with Gasteiger partial charge in [0, 0.05) is 14.1 Å². The molecule has 1 heterocycles. The van der Waals surface area contributed by atoms with E-state index < -0.39 is 26.1 Å². The lowest BCUT2D eigenvalue weighted by atomic mass is 10.3. The van der Waals surface area contributed by atoms with Crippen LogP contribution in [0.3, 0.4) is 0 Å². The Kier molecular flexibility index (Phi) is 4.62. The first-order valence-corrected chi connectivity index (χ1v) is 9.23. The minimum absolute atomic E-state index is 0.0250. The highest BCUT2D eigenvalue weighted by Crippen LogP contribution is 2.36. The Morgan fingerprint density at radius 2 is 1.81 bits per heavy atom. The van der Waals surface area contributed by atoms with Crippen LogP contribution in [-0.4, -0.2) is 30.5 Å². The first-order chi connectivity index (χ1) is 12.5. The normalized spacial score (nSPS) is 12.5. The molecular formula is C17H15F4N3O2S. The van der Waals surface area contributed by atoms with Crippen molar-refractivity contribution < 1.29 is 26.0 Å². The number of anilines is 1. The van der Waals surface area contributed by atoms with E-state index in [1.165, 1.54) is 11.9 Å². The smallest absolute Gasteiger partial charge is 0.366 e. The van der Waals surface area contributed by atoms with Crippen LogP contribution < -0.4 is 4.90 Å². The van der Waals surface area contributed by atoms with Crippen LogP contribution in [-0.2, 0) is 23.4 Å². The van der Waals surface area contributed by atoms with Gasteiger partial charge in [0.15, 0.2) is 0 Å². The molecule has 0 aliphatic rings. The van der Waals surface area contributed by atoms with Crippen LogP contribution in [0.4, 0.5) is 23.2 Å². The molecule has 10 heteroatoms. The molecule has 0 radical (unpaired) electrons. The first-order valence-electron chi connectivity index (χ1n) is 7.75. The SMILES string of the molecule is CN(Cc1nc2ccccc2n1C)c1ccc(F)cc1S(=O)(=O)C(F)(F)F. The maximum Gasteiger partial charge on any atom is 0.501 e. The lowest BCUT2D eigenvalue weighted by Gasteiger charge is -2.22. The van der Waals surface area contributed by atoms with Gasteiger partial charge in [0.25, 0.3) is 9.84 Å². The van der Waals surface area contributed by atoms with Crippen LogP contribution >= 0.6 is 0 Å². The quantitative estimate of drug-likeness (QED) is 0.627. The summed E-state index contributed by atoms with van der Waals surface area (Å²) in [5.74, 6) is -0.559. The second-order valence-electron chi connectivity index (χ2n) is 5.99. The first kappa shape index (κ1) is 19.2. The summed E-state index contributed by atoms with van der Waals surface area (Å²) in [7, 11) is -2.55. The van der Waals surface area contributed by atoms with Gasteiger partial charge in [0.2, 0.25) is 0 Å². The lowest BCUT2D eigenvalue weighted by molar-refractivity contribution is -0.0435. The van der Waals surface area contributed by atoms with E-state index in [-0.39, 0.29) is 12.2 Å². The maximum absolute atomic E-state index is 13.5. The number of hydrogen-bond acceptors (Lipinski definition) is 4. The zero-order valence-corrected chi connectivity index (χ0v) is 15.1. The van der Waals surface area contributed by atoms with Crippen molar-refractivity contribution in [3.8, 4) is 0 Å². The summed E-state index contributed by atoms with van der Waals surface area (Å²) in [6.45, 7) is 0.0250. The van der Waals surface area contributed by atoms with Gasteiger partial charge in [-0.1, -0.05) is 12.1 Å². The molecule has 0 unspecified atom stereocenters. The molecule has 27 heavy (non-hydrogen) atoms. The number of benzene rings is 2. The van der Waals surface area contributed by atoms with Gasteiger partial charge in [-0.15, -0.1) is 0 Å². The molecule has 0 amide bonds. The van der Waals surface area contributed by atoms with Crippen molar-refractivity contribution in [2.75, 3.05) is 11.9 Å². The largest absolute Gasteiger partial charge is 0.501 e. The molecule has 5 nitrogen and oxygen atoms in total. The molecular weight excluding hydrogens is 386 g/mol. The minimum atomic E-state index is -5.71. The van der Waals surface area contributed by atoms with E-state index in [2.05, 4.69) is 4.98 Å². The number of nitrogens with zero attached hydrogens (tertiary/aromatic N) is 3. The number of aromatic nitrogens is 2. The number of alkyl halides is 3. The molecule has 2 aromatic carbocycles. The van der Waals surface area contributed by atoms with Crippen molar-refractivity contribution in [3.05, 3.63) is 54.1 Å². The van der Waals surface area contributed by atoms with Gasteiger partial charge in [0.1, 0.15) is 16.5 Å². The number of aryl methyl sites for hydroxylation is 1. The zero-order chi connectivity index (χ0) is 20.0. The Balaban J connectivity index is 2.05. The van der Waals surface area contributed by atoms with E-state index in [0.29, 0.717) is 17.4 Å². The summed E-state index contributed by atoms with van der Waals surface area (Å²) in [6, 6.07) is 9.55. The fourth-order valence-corrected chi connectivity index (χ4v) is 3.79. The number of sulfone groups is 1. The van der Waals surface area contributed by atoms with Crippen molar-refractivity contribution in [1.82, 2.24) is 9.55 Å². The molecule has 0 fully saturated rings. The summed E-state index contributed by atoms with van der Waals surface area (Å²) in [6.07, 6.45) is 0. The lowest BCUT2D eigenvalue weighted by Crippen LogP contribution is -2.27. The minimum Gasteiger partial charge on any atom is -0.366 e. The van der Waals surface area contributed by atoms with Crippen molar-refractivity contribution in [2.45, 2.75) is 16.9 Å².